The first kappa shape index (κ1) is 46.4. The van der Waals surface area contributed by atoms with E-state index in [1.165, 1.54) is 40.9 Å². The second-order valence-electron chi connectivity index (χ2n) is 12.4. The number of aromatic hydroxyl groups is 1. The minimum absolute atomic E-state index is 0. The van der Waals surface area contributed by atoms with Crippen molar-refractivity contribution in [3.63, 3.8) is 0 Å². The quantitative estimate of drug-likeness (QED) is 0.0538. The Balaban J connectivity index is 0.000000361. The summed E-state index contributed by atoms with van der Waals surface area (Å²) in [7, 11) is -4.42. The van der Waals surface area contributed by atoms with E-state index in [1.54, 1.807) is 68.4 Å². The van der Waals surface area contributed by atoms with Crippen LogP contribution in [0.4, 0.5) is 4.79 Å². The summed E-state index contributed by atoms with van der Waals surface area (Å²) in [6.45, 7) is 3.52. The fourth-order valence-electron chi connectivity index (χ4n) is 5.48. The van der Waals surface area contributed by atoms with Crippen LogP contribution >= 0.6 is 19.3 Å². The number of nitrogens with zero attached hydrogens (tertiary/aromatic N) is 1. The number of phenolic OH excluding ortho intramolecular Hbond substituents is 1. The van der Waals surface area contributed by atoms with Crippen LogP contribution in [0.2, 0.25) is 0 Å². The molecule has 20 heteroatoms. The van der Waals surface area contributed by atoms with E-state index in [1.807, 2.05) is 11.2 Å². The van der Waals surface area contributed by atoms with Crippen LogP contribution in [0.1, 0.15) is 36.6 Å². The molecule has 0 aromatic heterocycles. The fourth-order valence-corrected chi connectivity index (χ4v) is 8.20. The Hall–Kier alpha value is -3.74. The van der Waals surface area contributed by atoms with Gasteiger partial charge in [0.1, 0.15) is 35.9 Å². The number of amides is 3. The van der Waals surface area contributed by atoms with E-state index in [0.717, 1.165) is 5.56 Å². The summed E-state index contributed by atoms with van der Waals surface area (Å²) in [4.78, 5) is 72.4. The summed E-state index contributed by atoms with van der Waals surface area (Å²) in [6, 6.07) is 19.2. The molecule has 2 aliphatic heterocycles. The molecule has 0 bridgehead atoms. The molecular formula is C34H38Li2N5O11PS. The molecule has 0 aliphatic carbocycles. The average molecular weight is 770 g/mol. The molecule has 5 rings (SSSR count). The number of nitrogens with one attached hydrogen (secondary N) is 3. The maximum absolute atomic E-state index is 12.3. The molecule has 0 radical (unpaired) electrons. The van der Waals surface area contributed by atoms with Crippen molar-refractivity contribution in [3.8, 4) is 5.75 Å². The van der Waals surface area contributed by atoms with Gasteiger partial charge in [0.2, 0.25) is 11.8 Å². The standard InChI is InChI=1S/C18H21N2O6P.C16H19N3O5S.2Li/c21-17(22)16(11-14-7-3-1-4-8-14)20-27(24,25)13-19-18(23)26-12-15-9-5-2-6-10-15;1-16(2)11(15(23)24)19-13(22)10(14(19)25-16)18-12(21)9(17)7-3-5-8(20)6-4-7;;/h1-10,16H,11-13H2,(H,19,23)(H,21,22)(H2,20,24,25);3-6,9-11,14,20H,17H2,1-2H3,(H,18,21)(H,23,24);;/q;;2*+1/p-2/t16-;9?,10-,11+,14-;;/m11../s1. The van der Waals surface area contributed by atoms with Gasteiger partial charge in [0.15, 0.2) is 0 Å². The van der Waals surface area contributed by atoms with E-state index in [9.17, 15) is 48.8 Å². The number of hydrogen-bond donors (Lipinski definition) is 6. The summed E-state index contributed by atoms with van der Waals surface area (Å²) in [5, 5.41) is 36.2. The zero-order chi connectivity index (χ0) is 38.2. The summed E-state index contributed by atoms with van der Waals surface area (Å²) in [5.74, 6) is -3.49. The first-order chi connectivity index (χ1) is 24.5. The number of aliphatic carboxylic acids is 2. The van der Waals surface area contributed by atoms with Crippen LogP contribution in [0.5, 0.6) is 5.75 Å². The number of thioether (sulfide) groups is 1. The molecule has 6 atom stereocenters. The second-order valence-corrected chi connectivity index (χ2v) is 16.1. The zero-order valence-electron chi connectivity index (χ0n) is 30.0. The molecule has 3 aromatic rings. The molecule has 16 nitrogen and oxygen atoms in total. The van der Waals surface area contributed by atoms with Gasteiger partial charge in [-0.2, -0.15) is 0 Å². The summed E-state index contributed by atoms with van der Waals surface area (Å²) in [6.07, 6.45) is -1.79. The molecule has 3 aromatic carbocycles. The molecule has 2 fully saturated rings. The number of carbonyl (C=O) groups excluding carboxylic acids is 4. The van der Waals surface area contributed by atoms with Crippen LogP contribution < -0.4 is 69.2 Å². The van der Waals surface area contributed by atoms with Gasteiger partial charge in [-0.05, 0) is 49.1 Å². The van der Waals surface area contributed by atoms with Crippen molar-refractivity contribution in [1.29, 1.82) is 0 Å². The maximum Gasteiger partial charge on any atom is 1.00 e. The van der Waals surface area contributed by atoms with Crippen LogP contribution in [0, 0.1) is 0 Å². The average Bonchev–Trinajstić information content (AvgIpc) is 3.37. The number of alkyl carbamates (subject to hydrolysis) is 1. The summed E-state index contributed by atoms with van der Waals surface area (Å²) < 4.78 is 16.3. The first-order valence-electron chi connectivity index (χ1n) is 15.8. The fraction of sp³-hybridized carbons (Fsp3) is 0.324. The number of carboxylic acid groups (broad SMARTS) is 2. The van der Waals surface area contributed by atoms with Crippen molar-refractivity contribution in [3.05, 3.63) is 102 Å². The van der Waals surface area contributed by atoms with Crippen molar-refractivity contribution in [2.24, 2.45) is 5.73 Å². The number of ether oxygens (including phenoxy) is 1. The predicted molar refractivity (Wildman–Crippen MR) is 185 cm³/mol. The molecule has 2 heterocycles. The third kappa shape index (κ3) is 12.4. The minimum Gasteiger partial charge on any atom is -0.787 e. The summed E-state index contributed by atoms with van der Waals surface area (Å²) in [5.41, 5.74) is 7.79. The minimum atomic E-state index is -4.42. The predicted octanol–water partition coefficient (Wildman–Crippen LogP) is -5.59. The monoisotopic (exact) mass is 769 g/mol. The Morgan fingerprint density at radius 2 is 1.54 bits per heavy atom. The van der Waals surface area contributed by atoms with Crippen LogP contribution in [-0.2, 0) is 41.5 Å². The number of nitrogens with two attached hydrogens (primary N) is 1. The molecule has 54 heavy (non-hydrogen) atoms. The Kier molecular flexibility index (Phi) is 17.4. The van der Waals surface area contributed by atoms with Crippen LogP contribution in [0.25, 0.3) is 0 Å². The molecule has 0 saturated carbocycles. The van der Waals surface area contributed by atoms with Crippen molar-refractivity contribution in [2.75, 3.05) is 6.29 Å². The van der Waals surface area contributed by atoms with Gasteiger partial charge < -0.3 is 55.6 Å². The molecule has 2 aliphatic rings. The second kappa shape index (κ2) is 20.3. The molecule has 2 saturated heterocycles. The van der Waals surface area contributed by atoms with E-state index in [0.29, 0.717) is 11.1 Å². The van der Waals surface area contributed by atoms with Crippen molar-refractivity contribution >= 4 is 49.1 Å². The number of carbonyl (C=O) groups is 5. The molecular weight excluding hydrogens is 731 g/mol. The smallest absolute Gasteiger partial charge is 0.787 e. The summed E-state index contributed by atoms with van der Waals surface area (Å²) >= 11 is 1.35. The normalized spacial score (nSPS) is 20.0. The van der Waals surface area contributed by atoms with Gasteiger partial charge in [-0.3, -0.25) is 14.7 Å². The molecule has 3 amide bonds. The van der Waals surface area contributed by atoms with Gasteiger partial charge in [-0.15, -0.1) is 11.8 Å². The van der Waals surface area contributed by atoms with Crippen LogP contribution in [-0.4, -0.2) is 79.5 Å². The Morgan fingerprint density at radius 3 is 2.07 bits per heavy atom. The van der Waals surface area contributed by atoms with Gasteiger partial charge in [-0.25, -0.2) is 9.59 Å². The van der Waals surface area contributed by atoms with E-state index in [-0.39, 0.29) is 56.5 Å². The SMILES string of the molecule is CC1(C)S[C@@H]2[C@H](NC(=O)C(N)c3ccc(O)cc3)C(=O)N2[C@H]1C(=O)O.O=C(NCP(=O)([O-])N[C@H](Cc1ccccc1)C(=O)[O-])OCc1ccccc1.[Li+].[Li+]. The number of β-lactam (4-membered cyclic amide) rings is 1. The van der Waals surface area contributed by atoms with Gasteiger partial charge in [-0.1, -0.05) is 72.8 Å². The van der Waals surface area contributed by atoms with Crippen LogP contribution in [0.15, 0.2) is 84.9 Å². The number of benzene rings is 3. The van der Waals surface area contributed by atoms with Crippen molar-refractivity contribution < 1.29 is 91.2 Å². The molecule has 2 unspecified atom stereocenters. The molecule has 278 valence electrons. The number of hydrogen-bond acceptors (Lipinski definition) is 12. The third-order valence-electron chi connectivity index (χ3n) is 8.07. The Labute approximate surface area is 339 Å². The Morgan fingerprint density at radius 1 is 0.981 bits per heavy atom. The number of rotatable bonds is 13. The van der Waals surface area contributed by atoms with Gasteiger partial charge >= 0.3 is 49.8 Å². The van der Waals surface area contributed by atoms with E-state index >= 15 is 0 Å². The number of carboxylic acids is 2. The molecule has 0 spiro atoms. The maximum atomic E-state index is 12.3. The first-order valence-corrected chi connectivity index (χ1v) is 18.5. The van der Waals surface area contributed by atoms with Gasteiger partial charge in [0, 0.05) is 4.75 Å². The van der Waals surface area contributed by atoms with Gasteiger partial charge in [0.25, 0.3) is 0 Å². The topological polar surface area (TPSA) is 264 Å². The van der Waals surface area contributed by atoms with Gasteiger partial charge in [0.05, 0.1) is 25.8 Å². The van der Waals surface area contributed by atoms with Crippen molar-refractivity contribution in [2.45, 2.75) is 61.2 Å². The molecule has 7 N–H and O–H groups in total. The largest absolute Gasteiger partial charge is 1.00 e. The number of fused-ring (bicyclic) bond motifs is 1. The van der Waals surface area contributed by atoms with Crippen LogP contribution in [0.3, 0.4) is 0 Å². The Bertz CT molecular complexity index is 1810. The van der Waals surface area contributed by atoms with Crippen molar-refractivity contribution in [1.82, 2.24) is 20.6 Å². The van der Waals surface area contributed by atoms with E-state index in [2.05, 4.69) is 10.6 Å². The number of phenols is 1. The van der Waals surface area contributed by atoms with E-state index in [4.69, 9.17) is 10.5 Å². The third-order valence-corrected chi connectivity index (χ3v) is 10.9. The zero-order valence-corrected chi connectivity index (χ0v) is 31.8. The van der Waals surface area contributed by atoms with E-state index < -0.39 is 77.9 Å².